The molecule has 1 heterocycles. The van der Waals surface area contributed by atoms with Crippen molar-refractivity contribution in [2.45, 2.75) is 27.4 Å². The fourth-order valence-corrected chi connectivity index (χ4v) is 3.85. The molecule has 0 aliphatic heterocycles. The number of thiazole rings is 1. The monoisotopic (exact) mass is 437 g/mol. The minimum absolute atomic E-state index is 0.0162. The summed E-state index contributed by atoms with van der Waals surface area (Å²) in [6.45, 7) is 6.02. The lowest BCUT2D eigenvalue weighted by Crippen LogP contribution is -2.30. The van der Waals surface area contributed by atoms with Crippen LogP contribution in [-0.4, -0.2) is 17.5 Å². The highest BCUT2D eigenvalue weighted by Gasteiger charge is 2.19. The van der Waals surface area contributed by atoms with Gasteiger partial charge in [-0.3, -0.25) is 9.59 Å². The summed E-state index contributed by atoms with van der Waals surface area (Å²) in [5, 5.41) is 0. The van der Waals surface area contributed by atoms with Crippen LogP contribution in [0.15, 0.2) is 53.3 Å². The van der Waals surface area contributed by atoms with Crippen LogP contribution in [0, 0.1) is 5.41 Å². The van der Waals surface area contributed by atoms with Crippen molar-refractivity contribution in [3.8, 4) is 11.5 Å². The van der Waals surface area contributed by atoms with Crippen molar-refractivity contribution in [2.75, 3.05) is 7.11 Å². The molecule has 0 bridgehead atoms. The van der Waals surface area contributed by atoms with Crippen molar-refractivity contribution in [1.82, 2.24) is 4.57 Å². The molecule has 0 unspecified atom stereocenters. The lowest BCUT2D eigenvalue weighted by atomic mass is 9.91. The molecule has 0 aliphatic carbocycles. The molecule has 5 nitrogen and oxygen atoms in total. The average molecular weight is 438 g/mol. The van der Waals surface area contributed by atoms with Crippen LogP contribution >= 0.6 is 11.3 Å². The van der Waals surface area contributed by atoms with Crippen LogP contribution in [0.3, 0.4) is 0 Å². The summed E-state index contributed by atoms with van der Waals surface area (Å²) >= 11 is 1.30. The average Bonchev–Trinajstić information content (AvgIpc) is 3.00. The van der Waals surface area contributed by atoms with Crippen LogP contribution in [0.25, 0.3) is 12.2 Å². The summed E-state index contributed by atoms with van der Waals surface area (Å²) in [6.07, 6.45) is 3.35. The van der Waals surface area contributed by atoms with Crippen LogP contribution in [0.4, 0.5) is 0 Å². The fourth-order valence-electron chi connectivity index (χ4n) is 2.82. The highest BCUT2D eigenvalue weighted by molar-refractivity contribution is 7.07. The van der Waals surface area contributed by atoms with E-state index in [1.807, 2.05) is 69.3 Å². The smallest absolute Gasteiger partial charge is 0.268 e. The number of nitrogens with zero attached hydrogens (tertiary/aromatic N) is 1. The maximum Gasteiger partial charge on any atom is 0.268 e. The Morgan fingerprint density at radius 1 is 1.10 bits per heavy atom. The molecule has 0 aliphatic rings. The van der Waals surface area contributed by atoms with Crippen LogP contribution in [-0.2, 0) is 18.4 Å². The molecule has 0 spiro atoms. The molecular weight excluding hydrogens is 410 g/mol. The zero-order valence-electron chi connectivity index (χ0n) is 18.5. The van der Waals surface area contributed by atoms with Gasteiger partial charge in [-0.1, -0.05) is 57.2 Å². The molecule has 0 radical (unpaired) electrons. The van der Waals surface area contributed by atoms with Gasteiger partial charge in [0.15, 0.2) is 17.3 Å². The Kier molecular flexibility index (Phi) is 6.81. The molecular formula is C25H27NO4S. The van der Waals surface area contributed by atoms with Gasteiger partial charge in [0.05, 0.1) is 11.6 Å². The van der Waals surface area contributed by atoms with E-state index >= 15 is 0 Å². The largest absolute Gasteiger partial charge is 0.493 e. The second kappa shape index (κ2) is 9.35. The Morgan fingerprint density at radius 3 is 2.45 bits per heavy atom. The minimum Gasteiger partial charge on any atom is -0.493 e. The van der Waals surface area contributed by atoms with E-state index in [1.165, 1.54) is 15.9 Å². The molecule has 0 atom stereocenters. The standard InChI is InChI=1S/C25H27NO4S/c1-25(2,3)22(27)15-23-26(4)24(28)21(31-23)14-18-11-12-19(20(13-18)29-5)30-16-17-9-7-6-8-10-17/h6-15H,16H2,1-5H3/b21-14-,23-15-. The molecule has 0 N–H and O–H groups in total. The first-order valence-corrected chi connectivity index (χ1v) is 10.8. The number of ketones is 1. The number of benzene rings is 2. The van der Waals surface area contributed by atoms with Crippen molar-refractivity contribution in [1.29, 1.82) is 0 Å². The first-order valence-electron chi connectivity index (χ1n) is 9.97. The minimum atomic E-state index is -0.493. The van der Waals surface area contributed by atoms with Gasteiger partial charge in [0, 0.05) is 18.5 Å². The first kappa shape index (κ1) is 22.6. The molecule has 3 rings (SSSR count). The third-order valence-electron chi connectivity index (χ3n) is 4.78. The van der Waals surface area contributed by atoms with Crippen molar-refractivity contribution in [3.63, 3.8) is 0 Å². The number of hydrogen-bond acceptors (Lipinski definition) is 5. The van der Waals surface area contributed by atoms with Gasteiger partial charge in [-0.25, -0.2) is 0 Å². The van der Waals surface area contributed by atoms with E-state index in [9.17, 15) is 9.59 Å². The van der Waals surface area contributed by atoms with Crippen LogP contribution < -0.4 is 24.2 Å². The first-order chi connectivity index (χ1) is 14.7. The Hall–Kier alpha value is -3.12. The molecule has 2 aromatic carbocycles. The SMILES string of the molecule is COc1cc(/C=c2\s/c(=C\C(=O)C(C)(C)C)n(C)c2=O)ccc1OCc1ccccc1. The van der Waals surface area contributed by atoms with Gasteiger partial charge in [-0.2, -0.15) is 0 Å². The fraction of sp³-hybridized carbons (Fsp3) is 0.280. The summed E-state index contributed by atoms with van der Waals surface area (Å²) in [4.78, 5) is 25.0. The van der Waals surface area contributed by atoms with Crippen LogP contribution in [0.1, 0.15) is 31.9 Å². The van der Waals surface area contributed by atoms with E-state index in [0.717, 1.165) is 11.1 Å². The predicted octanol–water partition coefficient (Wildman–Crippen LogP) is 3.26. The van der Waals surface area contributed by atoms with E-state index in [4.69, 9.17) is 9.47 Å². The van der Waals surface area contributed by atoms with E-state index in [1.54, 1.807) is 26.3 Å². The molecule has 0 saturated carbocycles. The van der Waals surface area contributed by atoms with E-state index in [-0.39, 0.29) is 11.3 Å². The van der Waals surface area contributed by atoms with Gasteiger partial charge >= 0.3 is 0 Å². The van der Waals surface area contributed by atoms with Gasteiger partial charge in [-0.15, -0.1) is 11.3 Å². The number of Topliss-reactive ketones (excluding diaryl/α,β-unsaturated/α-hetero) is 1. The number of methoxy groups -OCH3 is 1. The van der Waals surface area contributed by atoms with Crippen molar-refractivity contribution in [2.24, 2.45) is 12.5 Å². The van der Waals surface area contributed by atoms with Crippen molar-refractivity contribution in [3.05, 3.63) is 79.2 Å². The molecule has 1 aromatic heterocycles. The van der Waals surface area contributed by atoms with E-state index < -0.39 is 5.41 Å². The van der Waals surface area contributed by atoms with Gasteiger partial charge in [0.1, 0.15) is 11.3 Å². The third kappa shape index (κ3) is 5.52. The predicted molar refractivity (Wildman–Crippen MR) is 125 cm³/mol. The number of aromatic nitrogens is 1. The summed E-state index contributed by atoms with van der Waals surface area (Å²) in [6, 6.07) is 15.5. The van der Waals surface area contributed by atoms with Crippen molar-refractivity contribution >= 4 is 29.3 Å². The molecule has 0 fully saturated rings. The van der Waals surface area contributed by atoms with E-state index in [2.05, 4.69) is 0 Å². The summed E-state index contributed by atoms with van der Waals surface area (Å²) in [5.74, 6) is 1.21. The number of carbonyl (C=O) groups excluding carboxylic acids is 1. The van der Waals surface area contributed by atoms with Crippen LogP contribution in [0.5, 0.6) is 11.5 Å². The number of ether oxygens (including phenoxy) is 2. The number of carbonyl (C=O) groups is 1. The zero-order chi connectivity index (χ0) is 22.6. The van der Waals surface area contributed by atoms with Crippen LogP contribution in [0.2, 0.25) is 0 Å². The highest BCUT2D eigenvalue weighted by Crippen LogP contribution is 2.29. The topological polar surface area (TPSA) is 57.5 Å². The molecule has 0 amide bonds. The molecule has 3 aromatic rings. The Balaban J connectivity index is 1.92. The summed E-state index contributed by atoms with van der Waals surface area (Å²) in [5.41, 5.74) is 1.25. The Labute approximate surface area is 185 Å². The quantitative estimate of drug-likeness (QED) is 0.594. The summed E-state index contributed by atoms with van der Waals surface area (Å²) in [7, 11) is 3.27. The zero-order valence-corrected chi connectivity index (χ0v) is 19.3. The highest BCUT2D eigenvalue weighted by atomic mass is 32.1. The molecule has 0 saturated heterocycles. The number of rotatable bonds is 6. The Bertz CT molecular complexity index is 1250. The lowest BCUT2D eigenvalue weighted by Gasteiger charge is -2.12. The van der Waals surface area contributed by atoms with Gasteiger partial charge in [0.2, 0.25) is 0 Å². The van der Waals surface area contributed by atoms with Gasteiger partial charge in [-0.05, 0) is 29.3 Å². The second-order valence-electron chi connectivity index (χ2n) is 8.26. The molecule has 6 heteroatoms. The number of hydrogen-bond donors (Lipinski definition) is 0. The normalized spacial score (nSPS) is 12.8. The van der Waals surface area contributed by atoms with Gasteiger partial charge < -0.3 is 14.0 Å². The third-order valence-corrected chi connectivity index (χ3v) is 5.89. The summed E-state index contributed by atoms with van der Waals surface area (Å²) < 4.78 is 14.1. The Morgan fingerprint density at radius 2 is 1.81 bits per heavy atom. The second-order valence-corrected chi connectivity index (χ2v) is 9.32. The van der Waals surface area contributed by atoms with Gasteiger partial charge in [0.25, 0.3) is 5.56 Å². The van der Waals surface area contributed by atoms with E-state index in [0.29, 0.717) is 27.3 Å². The van der Waals surface area contributed by atoms with Crippen molar-refractivity contribution < 1.29 is 14.3 Å². The lowest BCUT2D eigenvalue weighted by molar-refractivity contribution is -0.120. The maximum absolute atomic E-state index is 12.7. The molecule has 162 valence electrons. The molecule has 31 heavy (non-hydrogen) atoms. The maximum atomic E-state index is 12.7.